The van der Waals surface area contributed by atoms with Crippen molar-refractivity contribution in [3.8, 4) is 0 Å². The van der Waals surface area contributed by atoms with Gasteiger partial charge in [0.1, 0.15) is 0 Å². The summed E-state index contributed by atoms with van der Waals surface area (Å²) in [6.07, 6.45) is 2.39. The zero-order valence-corrected chi connectivity index (χ0v) is 12.1. The van der Waals surface area contributed by atoms with Crippen LogP contribution >= 0.6 is 35.2 Å². The number of fused-ring (bicyclic) bond motifs is 1. The van der Waals surface area contributed by atoms with Gasteiger partial charge in [-0.2, -0.15) is 0 Å². The lowest BCUT2D eigenvalue weighted by Crippen LogP contribution is -2.27. The third kappa shape index (κ3) is 2.30. The first-order chi connectivity index (χ1) is 8.74. The Morgan fingerprint density at radius 1 is 1.11 bits per heavy atom. The summed E-state index contributed by atoms with van der Waals surface area (Å²) in [6, 6.07) is 7.55. The van der Waals surface area contributed by atoms with Crippen LogP contribution in [0, 0.1) is 3.95 Å². The van der Waals surface area contributed by atoms with Gasteiger partial charge in [-0.15, -0.1) is 0 Å². The topological polar surface area (TPSA) is 22.2 Å². The number of rotatable bonds is 1. The molecule has 1 aliphatic heterocycles. The molecule has 3 rings (SSSR count). The predicted molar refractivity (Wildman–Crippen MR) is 77.0 cm³/mol. The summed E-state index contributed by atoms with van der Waals surface area (Å²) >= 11 is 12.8. The molecule has 0 saturated heterocycles. The first-order valence-corrected chi connectivity index (χ1v) is 7.45. The van der Waals surface area contributed by atoms with E-state index in [9.17, 15) is 0 Å². The summed E-state index contributed by atoms with van der Waals surface area (Å²) < 4.78 is 5.24. The second-order valence-corrected chi connectivity index (χ2v) is 6.23. The minimum Gasteiger partial charge on any atom is -0.264 e. The molecule has 0 aliphatic carbocycles. The third-order valence-electron chi connectivity index (χ3n) is 2.94. The number of halogens is 1. The molecule has 2 aromatic rings. The van der Waals surface area contributed by atoms with Crippen molar-refractivity contribution in [1.82, 2.24) is 9.36 Å². The van der Waals surface area contributed by atoms with Crippen LogP contribution in [0.3, 0.4) is 0 Å². The molecule has 1 aromatic heterocycles. The molecule has 2 heterocycles. The Morgan fingerprint density at radius 2 is 1.78 bits per heavy atom. The average molecular weight is 298 g/mol. The van der Waals surface area contributed by atoms with Gasteiger partial charge < -0.3 is 0 Å². The maximum Gasteiger partial charge on any atom is 0.207 e. The standard InChI is InChI=1S/C12H12ClN3S2/c13-9-3-5-10(6-4-9)14-11-15-7-1-2-8-16(15)12(17)18-11/h3-6H,1-2,7-8H2. The first-order valence-electron chi connectivity index (χ1n) is 5.85. The Balaban J connectivity index is 2.12. The Labute approximate surface area is 119 Å². The summed E-state index contributed by atoms with van der Waals surface area (Å²) in [4.78, 5) is 5.63. The first kappa shape index (κ1) is 12.1. The quantitative estimate of drug-likeness (QED) is 0.735. The van der Waals surface area contributed by atoms with Crippen molar-refractivity contribution in [2.24, 2.45) is 4.99 Å². The highest BCUT2D eigenvalue weighted by molar-refractivity contribution is 7.73. The van der Waals surface area contributed by atoms with E-state index in [1.807, 2.05) is 24.3 Å². The van der Waals surface area contributed by atoms with Gasteiger partial charge in [0.05, 0.1) is 5.69 Å². The lowest BCUT2D eigenvalue weighted by atomic mass is 10.3. The summed E-state index contributed by atoms with van der Waals surface area (Å²) in [5.74, 6) is 0. The van der Waals surface area contributed by atoms with Crippen molar-refractivity contribution < 1.29 is 0 Å². The highest BCUT2D eigenvalue weighted by atomic mass is 35.5. The molecular formula is C12H12ClN3S2. The smallest absolute Gasteiger partial charge is 0.207 e. The Morgan fingerprint density at radius 3 is 2.50 bits per heavy atom. The normalized spacial score (nSPS) is 15.7. The van der Waals surface area contributed by atoms with E-state index in [1.54, 1.807) is 11.3 Å². The van der Waals surface area contributed by atoms with Crippen molar-refractivity contribution in [3.63, 3.8) is 0 Å². The molecule has 6 heteroatoms. The second-order valence-electron chi connectivity index (χ2n) is 4.19. The van der Waals surface area contributed by atoms with E-state index >= 15 is 0 Å². The summed E-state index contributed by atoms with van der Waals surface area (Å²) in [5.41, 5.74) is 0.914. The van der Waals surface area contributed by atoms with Gasteiger partial charge in [-0.1, -0.05) is 22.9 Å². The second kappa shape index (κ2) is 4.99. The van der Waals surface area contributed by atoms with Gasteiger partial charge in [-0.25, -0.2) is 4.99 Å². The number of hydrogen-bond donors (Lipinski definition) is 0. The van der Waals surface area contributed by atoms with Gasteiger partial charge in [-0.3, -0.25) is 9.36 Å². The summed E-state index contributed by atoms with van der Waals surface area (Å²) in [5, 5.41) is 0.730. The predicted octanol–water partition coefficient (Wildman–Crippen LogP) is 3.76. The van der Waals surface area contributed by atoms with E-state index in [1.165, 1.54) is 12.8 Å². The van der Waals surface area contributed by atoms with E-state index < -0.39 is 0 Å². The maximum absolute atomic E-state index is 5.87. The Bertz CT molecular complexity index is 679. The van der Waals surface area contributed by atoms with Gasteiger partial charge in [0, 0.05) is 18.1 Å². The number of nitrogens with zero attached hydrogens (tertiary/aromatic N) is 3. The van der Waals surface area contributed by atoms with Gasteiger partial charge in [0.25, 0.3) is 0 Å². The van der Waals surface area contributed by atoms with E-state index in [4.69, 9.17) is 23.8 Å². The maximum atomic E-state index is 5.87. The molecule has 0 radical (unpaired) electrons. The van der Waals surface area contributed by atoms with Crippen LogP contribution in [0.25, 0.3) is 0 Å². The van der Waals surface area contributed by atoms with Crippen molar-refractivity contribution in [2.45, 2.75) is 25.9 Å². The molecule has 18 heavy (non-hydrogen) atoms. The van der Waals surface area contributed by atoms with Gasteiger partial charge >= 0.3 is 0 Å². The highest BCUT2D eigenvalue weighted by Gasteiger charge is 2.10. The molecule has 3 nitrogen and oxygen atoms in total. The van der Waals surface area contributed by atoms with Crippen LogP contribution in [0.15, 0.2) is 29.3 Å². The monoisotopic (exact) mass is 297 g/mol. The SMILES string of the molecule is S=c1sc(=Nc2ccc(Cl)cc2)n2n1CCCC2. The molecule has 0 bridgehead atoms. The van der Waals surface area contributed by atoms with Gasteiger partial charge in [0.2, 0.25) is 4.80 Å². The lowest BCUT2D eigenvalue weighted by molar-refractivity contribution is 0.350. The van der Waals surface area contributed by atoms with Crippen LogP contribution < -0.4 is 4.80 Å². The lowest BCUT2D eigenvalue weighted by Gasteiger charge is -2.16. The summed E-state index contributed by atoms with van der Waals surface area (Å²) in [6.45, 7) is 2.00. The third-order valence-corrected chi connectivity index (χ3v) is 4.53. The van der Waals surface area contributed by atoms with Crippen molar-refractivity contribution >= 4 is 40.8 Å². The van der Waals surface area contributed by atoms with Crippen LogP contribution in [0.4, 0.5) is 5.69 Å². The molecule has 0 atom stereocenters. The molecule has 0 unspecified atom stereocenters. The Hall–Kier alpha value is -0.910. The number of aromatic nitrogens is 2. The Kier molecular flexibility index (Phi) is 3.37. The van der Waals surface area contributed by atoms with Crippen molar-refractivity contribution in [1.29, 1.82) is 0 Å². The highest BCUT2D eigenvalue weighted by Crippen LogP contribution is 2.16. The summed E-state index contributed by atoms with van der Waals surface area (Å²) in [7, 11) is 0. The van der Waals surface area contributed by atoms with Crippen LogP contribution in [0.2, 0.25) is 5.02 Å². The molecular weight excluding hydrogens is 286 g/mol. The fourth-order valence-corrected chi connectivity index (χ4v) is 3.48. The fourth-order valence-electron chi connectivity index (χ4n) is 2.04. The average Bonchev–Trinajstić information content (AvgIpc) is 2.70. The van der Waals surface area contributed by atoms with Crippen LogP contribution in [-0.2, 0) is 13.1 Å². The van der Waals surface area contributed by atoms with E-state index in [2.05, 4.69) is 14.4 Å². The number of hydrogen-bond acceptors (Lipinski definition) is 3. The van der Waals surface area contributed by atoms with Crippen LogP contribution in [-0.4, -0.2) is 9.36 Å². The molecule has 0 saturated carbocycles. The zero-order valence-electron chi connectivity index (χ0n) is 9.67. The van der Waals surface area contributed by atoms with Gasteiger partial charge in [-0.05, 0) is 49.3 Å². The molecule has 1 aromatic carbocycles. The van der Waals surface area contributed by atoms with Crippen molar-refractivity contribution in [2.75, 3.05) is 0 Å². The van der Waals surface area contributed by atoms with E-state index in [0.29, 0.717) is 0 Å². The van der Waals surface area contributed by atoms with Crippen molar-refractivity contribution in [3.05, 3.63) is 38.0 Å². The molecule has 0 spiro atoms. The number of benzene rings is 1. The van der Waals surface area contributed by atoms with E-state index in [0.717, 1.165) is 32.6 Å². The largest absolute Gasteiger partial charge is 0.264 e. The fraction of sp³-hybridized carbons (Fsp3) is 0.333. The molecule has 0 fully saturated rings. The van der Waals surface area contributed by atoms with Crippen LogP contribution in [0.1, 0.15) is 12.8 Å². The minimum absolute atomic E-state index is 0.730. The van der Waals surface area contributed by atoms with E-state index in [-0.39, 0.29) is 0 Å². The van der Waals surface area contributed by atoms with Gasteiger partial charge in [0.15, 0.2) is 3.95 Å². The van der Waals surface area contributed by atoms with Crippen LogP contribution in [0.5, 0.6) is 0 Å². The zero-order chi connectivity index (χ0) is 12.5. The molecule has 94 valence electrons. The molecule has 0 N–H and O–H groups in total. The minimum atomic E-state index is 0.730. The molecule has 0 amide bonds. The molecule has 1 aliphatic rings.